The Morgan fingerprint density at radius 1 is 1.32 bits per heavy atom. The molecule has 1 amide bonds. The number of hydrogen-bond donors (Lipinski definition) is 5. The zero-order valence-electron chi connectivity index (χ0n) is 10.0. The topological polar surface area (TPSA) is 162 Å². The van der Waals surface area contributed by atoms with E-state index >= 15 is 0 Å². The van der Waals surface area contributed by atoms with Gasteiger partial charge >= 0.3 is 29.6 Å². The van der Waals surface area contributed by atoms with Crippen molar-refractivity contribution >= 4 is 14.0 Å². The number of nitrogens with zero attached hydrogens (tertiary/aromatic N) is 1. The SMILES string of the molecule is O=CN(O)C[C@H](O)[C@H](O)[C@H](O)CC(F)P(=O)([O-])O.[Na+]. The smallest absolute Gasteiger partial charge is 0.777 e. The average Bonchev–Trinajstić information content (AvgIpc) is 2.26. The van der Waals surface area contributed by atoms with Crippen molar-refractivity contribution in [3.8, 4) is 0 Å². The molecule has 9 nitrogen and oxygen atoms in total. The minimum absolute atomic E-state index is 0. The second-order valence-corrected chi connectivity index (χ2v) is 5.28. The fraction of sp³-hybridized carbons (Fsp3) is 0.857. The number of hydrogen-bond acceptors (Lipinski definition) is 7. The number of alkyl halides is 1. The molecule has 5 N–H and O–H groups in total. The van der Waals surface area contributed by atoms with E-state index in [-0.39, 0.29) is 41.0 Å². The molecule has 0 aliphatic carbocycles. The molecule has 0 aliphatic rings. The summed E-state index contributed by atoms with van der Waals surface area (Å²) in [5.41, 5.74) is 0. The van der Waals surface area contributed by atoms with Crippen molar-refractivity contribution in [1.29, 1.82) is 0 Å². The Morgan fingerprint density at radius 3 is 2.16 bits per heavy atom. The Morgan fingerprint density at radius 2 is 1.79 bits per heavy atom. The van der Waals surface area contributed by atoms with Gasteiger partial charge in [0.05, 0.1) is 12.6 Å². The van der Waals surface area contributed by atoms with Crippen molar-refractivity contribution in [3.05, 3.63) is 0 Å². The normalized spacial score (nSPS) is 20.4. The van der Waals surface area contributed by atoms with E-state index in [1.165, 1.54) is 0 Å². The van der Waals surface area contributed by atoms with Crippen molar-refractivity contribution in [2.24, 2.45) is 0 Å². The molecule has 5 atom stereocenters. The summed E-state index contributed by atoms with van der Waals surface area (Å²) in [6.45, 7) is -0.771. The van der Waals surface area contributed by atoms with Crippen molar-refractivity contribution in [1.82, 2.24) is 5.06 Å². The van der Waals surface area contributed by atoms with Gasteiger partial charge < -0.3 is 29.7 Å². The van der Waals surface area contributed by atoms with Crippen LogP contribution < -0.4 is 34.5 Å². The maximum atomic E-state index is 12.8. The first kappa shape index (κ1) is 21.7. The van der Waals surface area contributed by atoms with Crippen LogP contribution in [0.25, 0.3) is 0 Å². The zero-order chi connectivity index (χ0) is 14.5. The Hall–Kier alpha value is 0.390. The number of rotatable bonds is 8. The van der Waals surface area contributed by atoms with E-state index in [0.717, 1.165) is 0 Å². The van der Waals surface area contributed by atoms with Crippen LogP contribution in [0.4, 0.5) is 4.39 Å². The fourth-order valence-electron chi connectivity index (χ4n) is 1.07. The fourth-order valence-corrected chi connectivity index (χ4v) is 1.55. The minimum Gasteiger partial charge on any atom is -0.777 e. The molecule has 0 saturated heterocycles. The number of hydroxylamine groups is 2. The third kappa shape index (κ3) is 8.30. The maximum Gasteiger partial charge on any atom is 1.00 e. The molecule has 0 aromatic heterocycles. The largest absolute Gasteiger partial charge is 1.00 e. The third-order valence-corrected chi connectivity index (χ3v) is 2.99. The van der Waals surface area contributed by atoms with Crippen LogP contribution in [0.3, 0.4) is 0 Å². The quantitative estimate of drug-likeness (QED) is 0.0973. The van der Waals surface area contributed by atoms with Crippen molar-refractivity contribution in [3.63, 3.8) is 0 Å². The first-order valence-electron chi connectivity index (χ1n) is 4.72. The second-order valence-electron chi connectivity index (χ2n) is 3.59. The van der Waals surface area contributed by atoms with E-state index in [2.05, 4.69) is 0 Å². The number of amides is 1. The maximum absolute atomic E-state index is 12.8. The van der Waals surface area contributed by atoms with Gasteiger partial charge in [0.15, 0.2) is 13.5 Å². The van der Waals surface area contributed by atoms with Gasteiger partial charge in [-0.2, -0.15) is 0 Å². The van der Waals surface area contributed by atoms with Gasteiger partial charge in [0.1, 0.15) is 12.2 Å². The monoisotopic (exact) mass is 313 g/mol. The molecule has 108 valence electrons. The molecule has 0 aliphatic heterocycles. The van der Waals surface area contributed by atoms with E-state index in [1.807, 2.05) is 0 Å². The summed E-state index contributed by atoms with van der Waals surface area (Å²) in [7, 11) is -5.30. The molecule has 0 aromatic rings. The van der Waals surface area contributed by atoms with Crippen LogP contribution in [0.5, 0.6) is 0 Å². The second kappa shape index (κ2) is 9.35. The van der Waals surface area contributed by atoms with Gasteiger partial charge in [-0.15, -0.1) is 0 Å². The number of carbonyl (C=O) groups is 1. The molecular formula is C7H14FNNaO8P. The summed E-state index contributed by atoms with van der Waals surface area (Å²) in [4.78, 5) is 28.6. The predicted octanol–water partition coefficient (Wildman–Crippen LogP) is -5.85. The van der Waals surface area contributed by atoms with Crippen molar-refractivity contribution in [2.45, 2.75) is 30.6 Å². The Kier molecular flexibility index (Phi) is 10.7. The van der Waals surface area contributed by atoms with Crippen LogP contribution in [0.1, 0.15) is 6.42 Å². The summed E-state index contributed by atoms with van der Waals surface area (Å²) in [6.07, 6.45) is -7.09. The molecule has 0 fully saturated rings. The minimum atomic E-state index is -5.30. The summed E-state index contributed by atoms with van der Waals surface area (Å²) in [6, 6.07) is 0. The van der Waals surface area contributed by atoms with Gasteiger partial charge in [-0.25, -0.2) is 9.45 Å². The predicted molar refractivity (Wildman–Crippen MR) is 51.9 cm³/mol. The Balaban J connectivity index is 0. The molecule has 0 rings (SSSR count). The molecule has 2 unspecified atom stereocenters. The van der Waals surface area contributed by atoms with E-state index in [4.69, 9.17) is 10.1 Å². The molecule has 0 heterocycles. The third-order valence-electron chi connectivity index (χ3n) is 2.07. The zero-order valence-corrected chi connectivity index (χ0v) is 12.9. The molecule has 19 heavy (non-hydrogen) atoms. The molecule has 0 bridgehead atoms. The van der Waals surface area contributed by atoms with Crippen LogP contribution in [0.15, 0.2) is 0 Å². The summed E-state index contributed by atoms with van der Waals surface area (Å²) >= 11 is 0. The standard InChI is InChI=1S/C7H15FNO8P.Na/c8-6(18(15,16)17)1-4(11)7(13)5(12)2-9(14)3-10;/h3-7,11-14H,1-2H2,(H2,15,16,17);/q;+1/p-1/t4-,5+,6?,7-;/m1./s1. The van der Waals surface area contributed by atoms with Gasteiger partial charge in [-0.05, 0) is 0 Å². The Bertz CT molecular complexity index is 317. The molecular weight excluding hydrogens is 299 g/mol. The van der Waals surface area contributed by atoms with E-state index in [0.29, 0.717) is 0 Å². The van der Waals surface area contributed by atoms with Crippen LogP contribution in [0, 0.1) is 0 Å². The van der Waals surface area contributed by atoms with Crippen LogP contribution >= 0.6 is 7.60 Å². The molecule has 0 aromatic carbocycles. The van der Waals surface area contributed by atoms with Crippen molar-refractivity contribution in [2.75, 3.05) is 6.54 Å². The first-order chi connectivity index (χ1) is 8.09. The van der Waals surface area contributed by atoms with Crippen molar-refractivity contribution < 1.29 is 73.6 Å². The number of halogens is 1. The summed E-state index contributed by atoms with van der Waals surface area (Å²) < 4.78 is 23.2. The molecule has 12 heteroatoms. The molecule has 0 radical (unpaired) electrons. The van der Waals surface area contributed by atoms with Gasteiger partial charge in [0.25, 0.3) is 0 Å². The van der Waals surface area contributed by atoms with Gasteiger partial charge in [-0.1, -0.05) is 0 Å². The summed E-state index contributed by atoms with van der Waals surface area (Å²) in [5, 5.41) is 36.3. The number of aliphatic hydroxyl groups is 3. The first-order valence-corrected chi connectivity index (χ1v) is 6.36. The average molecular weight is 313 g/mol. The Labute approximate surface area is 130 Å². The van der Waals surface area contributed by atoms with Gasteiger partial charge in [0.2, 0.25) is 6.41 Å². The number of carbonyl (C=O) groups excluding carboxylic acids is 1. The van der Waals surface area contributed by atoms with Gasteiger partial charge in [-0.3, -0.25) is 10.0 Å². The van der Waals surface area contributed by atoms with Crippen LogP contribution in [-0.2, 0) is 9.36 Å². The van der Waals surface area contributed by atoms with E-state index in [9.17, 15) is 34.0 Å². The molecule has 0 spiro atoms. The summed E-state index contributed by atoms with van der Waals surface area (Å²) in [5.74, 6) is -2.80. The van der Waals surface area contributed by atoms with E-state index < -0.39 is 44.8 Å². The molecule has 0 saturated carbocycles. The van der Waals surface area contributed by atoms with E-state index in [1.54, 1.807) is 0 Å². The van der Waals surface area contributed by atoms with Gasteiger partial charge in [0, 0.05) is 6.42 Å². The van der Waals surface area contributed by atoms with Crippen LogP contribution in [0.2, 0.25) is 0 Å². The number of aliphatic hydroxyl groups excluding tert-OH is 3. The van der Waals surface area contributed by atoms with Crippen LogP contribution in [-0.4, -0.2) is 67.7 Å².